The van der Waals surface area contributed by atoms with Gasteiger partial charge in [0.1, 0.15) is 13.2 Å². The second-order valence-corrected chi connectivity index (χ2v) is 7.03. The van der Waals surface area contributed by atoms with Crippen LogP contribution in [0.15, 0.2) is 72.8 Å². The fraction of sp³-hybridized carbons (Fsp3) is 0.182. The van der Waals surface area contributed by atoms with Crippen LogP contribution in [0.5, 0.6) is 11.5 Å². The smallest absolute Gasteiger partial charge is 0.175 e. The molecule has 4 heteroatoms. The maximum atomic E-state index is 6.16. The molecule has 0 aliphatic heterocycles. The van der Waals surface area contributed by atoms with Crippen LogP contribution in [-0.2, 0) is 19.6 Å². The van der Waals surface area contributed by atoms with Gasteiger partial charge in [0, 0.05) is 0 Å². The number of benzene rings is 3. The maximum absolute atomic E-state index is 6.16. The maximum Gasteiger partial charge on any atom is 0.175 e. The molecular weight excluding hydrogens is 437 g/mol. The predicted octanol–water partition coefficient (Wildman–Crippen LogP) is 4.95. The Kier molecular flexibility index (Phi) is 6.91. The molecule has 0 radical (unpaired) electrons. The van der Waals surface area contributed by atoms with Crippen LogP contribution in [0.2, 0.25) is 0 Å². The molecule has 2 N–H and O–H groups in total. The summed E-state index contributed by atoms with van der Waals surface area (Å²) in [6, 6.07) is 24.3. The van der Waals surface area contributed by atoms with E-state index in [1.165, 1.54) is 5.56 Å². The average Bonchev–Trinajstić information content (AvgIpc) is 2.69. The zero-order chi connectivity index (χ0) is 18.2. The molecule has 134 valence electrons. The van der Waals surface area contributed by atoms with E-state index in [-0.39, 0.29) is 0 Å². The van der Waals surface area contributed by atoms with Gasteiger partial charge in [0.15, 0.2) is 11.5 Å². The number of hydrogen-bond donors (Lipinski definition) is 1. The van der Waals surface area contributed by atoms with Crippen molar-refractivity contribution in [3.05, 3.63) is 93.1 Å². The first-order valence-electron chi connectivity index (χ1n) is 8.63. The van der Waals surface area contributed by atoms with Crippen molar-refractivity contribution in [3.8, 4) is 11.5 Å². The predicted molar refractivity (Wildman–Crippen MR) is 113 cm³/mol. The van der Waals surface area contributed by atoms with Gasteiger partial charge in [-0.3, -0.25) is 0 Å². The van der Waals surface area contributed by atoms with Gasteiger partial charge in [0.05, 0.1) is 3.57 Å². The Morgan fingerprint density at radius 1 is 0.731 bits per heavy atom. The summed E-state index contributed by atoms with van der Waals surface area (Å²) in [5.41, 5.74) is 9.18. The molecule has 0 saturated carbocycles. The first kappa shape index (κ1) is 18.7. The quantitative estimate of drug-likeness (QED) is 0.485. The average molecular weight is 459 g/mol. The van der Waals surface area contributed by atoms with Crippen molar-refractivity contribution in [2.45, 2.75) is 19.6 Å². The van der Waals surface area contributed by atoms with E-state index in [0.717, 1.165) is 32.6 Å². The summed E-state index contributed by atoms with van der Waals surface area (Å²) in [4.78, 5) is 0. The van der Waals surface area contributed by atoms with Gasteiger partial charge in [-0.05, 0) is 58.3 Å². The van der Waals surface area contributed by atoms with E-state index in [1.807, 2.05) is 42.5 Å². The highest BCUT2D eigenvalue weighted by Crippen LogP contribution is 2.36. The molecule has 26 heavy (non-hydrogen) atoms. The van der Waals surface area contributed by atoms with Crippen LogP contribution in [0.3, 0.4) is 0 Å². The van der Waals surface area contributed by atoms with E-state index < -0.39 is 0 Å². The van der Waals surface area contributed by atoms with Crippen molar-refractivity contribution in [2.24, 2.45) is 5.73 Å². The lowest BCUT2D eigenvalue weighted by Crippen LogP contribution is -2.07. The summed E-state index contributed by atoms with van der Waals surface area (Å²) in [7, 11) is 0. The zero-order valence-corrected chi connectivity index (χ0v) is 16.7. The molecule has 0 spiro atoms. The van der Waals surface area contributed by atoms with Crippen LogP contribution in [0.1, 0.15) is 16.7 Å². The highest BCUT2D eigenvalue weighted by molar-refractivity contribution is 14.1. The number of hydrogen-bond acceptors (Lipinski definition) is 3. The van der Waals surface area contributed by atoms with E-state index in [1.54, 1.807) is 0 Å². The summed E-state index contributed by atoms with van der Waals surface area (Å²) in [5.74, 6) is 1.55. The lowest BCUT2D eigenvalue weighted by Gasteiger charge is -2.17. The summed E-state index contributed by atoms with van der Waals surface area (Å²) in [6.07, 6.45) is 0.818. The Morgan fingerprint density at radius 3 is 1.88 bits per heavy atom. The van der Waals surface area contributed by atoms with Crippen LogP contribution in [-0.4, -0.2) is 6.54 Å². The molecule has 3 nitrogen and oxygen atoms in total. The van der Waals surface area contributed by atoms with Crippen molar-refractivity contribution >= 4 is 22.6 Å². The first-order chi connectivity index (χ1) is 12.8. The topological polar surface area (TPSA) is 44.5 Å². The molecular formula is C22H22INO2. The molecule has 0 aromatic heterocycles. The Balaban J connectivity index is 1.81. The minimum absolute atomic E-state index is 0.505. The highest BCUT2D eigenvalue weighted by atomic mass is 127. The molecule has 3 rings (SSSR count). The molecule has 0 bridgehead atoms. The molecule has 0 saturated heterocycles. The Labute approximate surface area is 168 Å². The van der Waals surface area contributed by atoms with E-state index in [0.29, 0.717) is 19.8 Å². The van der Waals surface area contributed by atoms with Gasteiger partial charge in [-0.25, -0.2) is 0 Å². The summed E-state index contributed by atoms with van der Waals surface area (Å²) < 4.78 is 13.3. The molecule has 0 atom stereocenters. The fourth-order valence-electron chi connectivity index (χ4n) is 2.64. The standard InChI is InChI=1S/C22H22INO2/c23-21-19(13-14-24)11-12-20(25-15-17-7-3-1-4-8-17)22(21)26-16-18-9-5-2-6-10-18/h1-12H,13-16,24H2. The van der Waals surface area contributed by atoms with E-state index >= 15 is 0 Å². The molecule has 3 aromatic carbocycles. The van der Waals surface area contributed by atoms with Crippen LogP contribution in [0, 0.1) is 3.57 Å². The summed E-state index contributed by atoms with van der Waals surface area (Å²) in [5, 5.41) is 0. The van der Waals surface area contributed by atoms with E-state index in [9.17, 15) is 0 Å². The van der Waals surface area contributed by atoms with Crippen LogP contribution < -0.4 is 15.2 Å². The van der Waals surface area contributed by atoms with Gasteiger partial charge in [0.2, 0.25) is 0 Å². The number of rotatable bonds is 8. The van der Waals surface area contributed by atoms with Gasteiger partial charge < -0.3 is 15.2 Å². The second kappa shape index (κ2) is 9.59. The molecule has 0 amide bonds. The molecule has 3 aromatic rings. The highest BCUT2D eigenvalue weighted by Gasteiger charge is 2.14. The van der Waals surface area contributed by atoms with Gasteiger partial charge in [-0.15, -0.1) is 0 Å². The Hall–Kier alpha value is -2.05. The minimum atomic E-state index is 0.505. The third kappa shape index (κ3) is 4.99. The van der Waals surface area contributed by atoms with Gasteiger partial charge in [-0.1, -0.05) is 66.7 Å². The number of ether oxygens (including phenoxy) is 2. The van der Waals surface area contributed by atoms with Crippen molar-refractivity contribution in [1.29, 1.82) is 0 Å². The fourth-order valence-corrected chi connectivity index (χ4v) is 3.51. The van der Waals surface area contributed by atoms with Crippen molar-refractivity contribution < 1.29 is 9.47 Å². The molecule has 0 aliphatic rings. The molecule has 0 heterocycles. The van der Waals surface area contributed by atoms with Crippen molar-refractivity contribution in [2.75, 3.05) is 6.54 Å². The van der Waals surface area contributed by atoms with Crippen LogP contribution in [0.4, 0.5) is 0 Å². The Bertz CT molecular complexity index is 822. The van der Waals surface area contributed by atoms with Crippen LogP contribution >= 0.6 is 22.6 Å². The van der Waals surface area contributed by atoms with E-state index in [4.69, 9.17) is 15.2 Å². The third-order valence-electron chi connectivity index (χ3n) is 4.02. The summed E-state index contributed by atoms with van der Waals surface area (Å²) in [6.45, 7) is 1.62. The third-order valence-corrected chi connectivity index (χ3v) is 5.20. The normalized spacial score (nSPS) is 10.5. The van der Waals surface area contributed by atoms with Gasteiger partial charge in [-0.2, -0.15) is 0 Å². The lowest BCUT2D eigenvalue weighted by molar-refractivity contribution is 0.254. The first-order valence-corrected chi connectivity index (χ1v) is 9.70. The lowest BCUT2D eigenvalue weighted by atomic mass is 10.1. The van der Waals surface area contributed by atoms with E-state index in [2.05, 4.69) is 52.9 Å². The van der Waals surface area contributed by atoms with Gasteiger partial charge in [0.25, 0.3) is 0 Å². The second-order valence-electron chi connectivity index (χ2n) is 5.95. The molecule has 0 unspecified atom stereocenters. The SMILES string of the molecule is NCCc1ccc(OCc2ccccc2)c(OCc2ccccc2)c1I. The number of halogens is 1. The largest absolute Gasteiger partial charge is 0.485 e. The van der Waals surface area contributed by atoms with Crippen molar-refractivity contribution in [3.63, 3.8) is 0 Å². The van der Waals surface area contributed by atoms with Crippen LogP contribution in [0.25, 0.3) is 0 Å². The number of nitrogens with two attached hydrogens (primary N) is 1. The van der Waals surface area contributed by atoms with Crippen molar-refractivity contribution in [1.82, 2.24) is 0 Å². The van der Waals surface area contributed by atoms with Gasteiger partial charge >= 0.3 is 0 Å². The Morgan fingerprint density at radius 2 is 1.31 bits per heavy atom. The monoisotopic (exact) mass is 459 g/mol. The molecule has 0 aliphatic carbocycles. The minimum Gasteiger partial charge on any atom is -0.485 e. The molecule has 0 fully saturated rings. The zero-order valence-electron chi connectivity index (χ0n) is 14.5. The summed E-state index contributed by atoms with van der Waals surface area (Å²) >= 11 is 2.33.